The van der Waals surface area contributed by atoms with E-state index in [0.29, 0.717) is 22.5 Å². The van der Waals surface area contributed by atoms with Crippen LogP contribution in [-0.2, 0) is 19.1 Å². The van der Waals surface area contributed by atoms with Crippen LogP contribution in [0.15, 0.2) is 72.8 Å². The fourth-order valence-electron chi connectivity index (χ4n) is 6.77. The number of nitrogen functional groups attached to an aromatic ring is 1. The van der Waals surface area contributed by atoms with Crippen molar-refractivity contribution in [2.24, 2.45) is 17.8 Å². The molecule has 3 fully saturated rings. The first-order valence-electron chi connectivity index (χ1n) is 19.6. The summed E-state index contributed by atoms with van der Waals surface area (Å²) in [5.74, 6) is -0.694. The number of ketones is 1. The quantitative estimate of drug-likeness (QED) is 0.0747. The molecule has 3 aliphatic rings. The van der Waals surface area contributed by atoms with Crippen LogP contribution in [0.2, 0.25) is 0 Å². The van der Waals surface area contributed by atoms with Crippen molar-refractivity contribution in [1.82, 2.24) is 0 Å². The molecule has 0 bridgehead atoms. The normalized spacial score (nSPS) is 15.8. The number of carbonyl (C=O) groups is 6. The molecule has 3 aromatic rings. The third kappa shape index (κ3) is 16.4. The predicted molar refractivity (Wildman–Crippen MR) is 220 cm³/mol. The van der Waals surface area contributed by atoms with E-state index in [-0.39, 0.29) is 52.1 Å². The highest BCUT2D eigenvalue weighted by Gasteiger charge is 2.22. The van der Waals surface area contributed by atoms with Gasteiger partial charge >= 0.3 is 11.9 Å². The summed E-state index contributed by atoms with van der Waals surface area (Å²) in [7, 11) is 1.35. The van der Waals surface area contributed by atoms with Gasteiger partial charge in [-0.2, -0.15) is 0 Å². The van der Waals surface area contributed by atoms with Gasteiger partial charge in [0.15, 0.2) is 5.78 Å². The van der Waals surface area contributed by atoms with E-state index in [4.69, 9.17) is 22.4 Å². The lowest BCUT2D eigenvalue weighted by Crippen LogP contribution is -2.24. The number of benzene rings is 3. The molecule has 56 heavy (non-hydrogen) atoms. The first-order valence-corrected chi connectivity index (χ1v) is 19.9. The van der Waals surface area contributed by atoms with E-state index in [1.165, 1.54) is 58.3 Å². The second-order valence-corrected chi connectivity index (χ2v) is 14.8. The van der Waals surface area contributed by atoms with Crippen LogP contribution in [0.25, 0.3) is 0 Å². The highest BCUT2D eigenvalue weighted by Crippen LogP contribution is 2.27. The molecule has 0 heterocycles. The number of carboxylic acids is 1. The van der Waals surface area contributed by atoms with Crippen LogP contribution in [0, 0.1) is 17.8 Å². The highest BCUT2D eigenvalue weighted by molar-refractivity contribution is 6.63. The van der Waals surface area contributed by atoms with E-state index >= 15 is 0 Å². The van der Waals surface area contributed by atoms with Crippen molar-refractivity contribution in [1.29, 1.82) is 0 Å². The Morgan fingerprint density at radius 3 is 1.25 bits per heavy atom. The molecule has 3 saturated carbocycles. The van der Waals surface area contributed by atoms with Crippen molar-refractivity contribution < 1.29 is 38.6 Å². The molecule has 0 aromatic heterocycles. The largest absolute Gasteiger partial charge is 0.478 e. The Morgan fingerprint density at radius 2 is 0.929 bits per heavy atom. The smallest absolute Gasteiger partial charge is 0.337 e. The molecule has 0 atom stereocenters. The molecule has 2 amide bonds. The van der Waals surface area contributed by atoms with Gasteiger partial charge in [-0.05, 0) is 130 Å². The number of esters is 1. The van der Waals surface area contributed by atoms with Crippen molar-refractivity contribution in [2.75, 3.05) is 23.5 Å². The van der Waals surface area contributed by atoms with E-state index in [9.17, 15) is 28.8 Å². The Balaban J connectivity index is 0.000000210. The summed E-state index contributed by atoms with van der Waals surface area (Å²) in [4.78, 5) is 67.3. The number of hydrogen-bond acceptors (Lipinski definition) is 8. The molecule has 3 aliphatic carbocycles. The van der Waals surface area contributed by atoms with Crippen LogP contribution in [0.1, 0.15) is 134 Å². The maximum Gasteiger partial charge on any atom is 0.337 e. The zero-order chi connectivity index (χ0) is 40.9. The summed E-state index contributed by atoms with van der Waals surface area (Å²) < 4.78 is 4.63. The number of halogens is 1. The number of methoxy groups -OCH3 is 1. The van der Waals surface area contributed by atoms with Crippen LogP contribution in [0.5, 0.6) is 0 Å². The minimum absolute atomic E-state index is 0.0535. The summed E-state index contributed by atoms with van der Waals surface area (Å²) in [5, 5.41) is 14.4. The molecule has 6 rings (SSSR count). The Kier molecular flexibility index (Phi) is 19.8. The molecular formula is C44H56ClN3O8. The van der Waals surface area contributed by atoms with Gasteiger partial charge in [-0.3, -0.25) is 19.2 Å². The van der Waals surface area contributed by atoms with Gasteiger partial charge < -0.3 is 26.2 Å². The number of aromatic carboxylic acids is 1. The number of rotatable bonds is 8. The van der Waals surface area contributed by atoms with Crippen LogP contribution in [0.3, 0.4) is 0 Å². The van der Waals surface area contributed by atoms with Gasteiger partial charge in [0.25, 0.3) is 0 Å². The standard InChI is InChI=1S/C15H19NO3.C14H17NO3.C8H9NO.C7H11ClO/c1-19-15(18)12-7-9-13(10-8-12)16-14(17)11-5-3-2-4-6-11;16-13(10-4-2-1-3-5-10)15-12-8-6-11(7-9-12)14(17)18;1-6(10)7-2-4-8(9)5-3-7;8-7(9)6-4-2-1-3-5-6/h7-11H,2-6H2,1H3,(H,16,17);6-10H,1-5H2,(H,15,16)(H,17,18);2-5H,9H2,1H3;6H,1-5H2. The Bertz CT molecular complexity index is 1710. The lowest BCUT2D eigenvalue weighted by Gasteiger charge is -2.20. The first kappa shape index (κ1) is 45.4. The summed E-state index contributed by atoms with van der Waals surface area (Å²) in [6.07, 6.45) is 16.5. The number of Topliss-reactive ketones (excluding diaryl/α,β-unsaturated/α-hetero) is 1. The number of nitrogens with two attached hydrogens (primary N) is 1. The van der Waals surface area contributed by atoms with Crippen LogP contribution in [-0.4, -0.2) is 47.0 Å². The van der Waals surface area contributed by atoms with Gasteiger partial charge in [0, 0.05) is 40.4 Å². The van der Waals surface area contributed by atoms with Crippen molar-refractivity contribution in [3.63, 3.8) is 0 Å². The number of carbonyl (C=O) groups excluding carboxylic acids is 5. The van der Waals surface area contributed by atoms with Gasteiger partial charge in [0.05, 0.1) is 18.2 Å². The van der Waals surface area contributed by atoms with Crippen LogP contribution in [0.4, 0.5) is 17.1 Å². The van der Waals surface area contributed by atoms with Gasteiger partial charge in [-0.25, -0.2) is 9.59 Å². The van der Waals surface area contributed by atoms with E-state index < -0.39 is 5.97 Å². The molecule has 0 spiro atoms. The molecule has 11 nitrogen and oxygen atoms in total. The van der Waals surface area contributed by atoms with Crippen LogP contribution < -0.4 is 16.4 Å². The second-order valence-electron chi connectivity index (χ2n) is 14.4. The SMILES string of the molecule is CC(=O)c1ccc(N)cc1.COC(=O)c1ccc(NC(=O)C2CCCCC2)cc1.O=C(Cl)C1CCCCC1.O=C(O)c1ccc(NC(=O)C2CCCCC2)cc1. The fraction of sp³-hybridized carbons (Fsp3) is 0.455. The van der Waals surface area contributed by atoms with Gasteiger partial charge in [-0.1, -0.05) is 57.8 Å². The number of ether oxygens (including phenoxy) is 1. The average Bonchev–Trinajstić information content (AvgIpc) is 3.23. The monoisotopic (exact) mass is 789 g/mol. The number of anilines is 3. The fourth-order valence-corrected chi connectivity index (χ4v) is 6.99. The molecule has 302 valence electrons. The summed E-state index contributed by atoms with van der Waals surface area (Å²) in [5.41, 5.74) is 8.90. The number of amides is 2. The highest BCUT2D eigenvalue weighted by atomic mass is 35.5. The Hall–Kier alpha value is -5.03. The average molecular weight is 790 g/mol. The number of nitrogens with one attached hydrogen (secondary N) is 2. The minimum Gasteiger partial charge on any atom is -0.478 e. The molecule has 3 aromatic carbocycles. The van der Waals surface area contributed by atoms with Crippen LogP contribution >= 0.6 is 11.6 Å². The van der Waals surface area contributed by atoms with Crippen molar-refractivity contribution in [3.05, 3.63) is 89.5 Å². The molecule has 12 heteroatoms. The molecule has 0 unspecified atom stereocenters. The zero-order valence-electron chi connectivity index (χ0n) is 32.5. The zero-order valence-corrected chi connectivity index (χ0v) is 33.3. The predicted octanol–water partition coefficient (Wildman–Crippen LogP) is 9.70. The second kappa shape index (κ2) is 24.5. The minimum atomic E-state index is -0.958. The van der Waals surface area contributed by atoms with E-state index in [2.05, 4.69) is 15.4 Å². The first-order chi connectivity index (χ1) is 26.9. The lowest BCUT2D eigenvalue weighted by atomic mass is 9.88. The summed E-state index contributed by atoms with van der Waals surface area (Å²) >= 11 is 5.32. The van der Waals surface area contributed by atoms with Crippen molar-refractivity contribution in [2.45, 2.75) is 103 Å². The Morgan fingerprint density at radius 1 is 0.571 bits per heavy atom. The number of carboxylic acid groups (broad SMARTS) is 1. The molecule has 0 radical (unpaired) electrons. The summed E-state index contributed by atoms with van der Waals surface area (Å²) in [6, 6.07) is 19.9. The Labute approximate surface area is 335 Å². The lowest BCUT2D eigenvalue weighted by molar-refractivity contribution is -0.121. The molecule has 5 N–H and O–H groups in total. The summed E-state index contributed by atoms with van der Waals surface area (Å²) in [6.45, 7) is 1.53. The van der Waals surface area contributed by atoms with Gasteiger partial charge in [-0.15, -0.1) is 0 Å². The van der Waals surface area contributed by atoms with E-state index in [0.717, 1.165) is 69.9 Å². The van der Waals surface area contributed by atoms with Crippen molar-refractivity contribution in [3.8, 4) is 0 Å². The molecular weight excluding hydrogens is 734 g/mol. The van der Waals surface area contributed by atoms with E-state index in [1.807, 2.05) is 0 Å². The molecule has 0 saturated heterocycles. The third-order valence-corrected chi connectivity index (χ3v) is 10.5. The van der Waals surface area contributed by atoms with Crippen molar-refractivity contribution >= 4 is 63.4 Å². The maximum atomic E-state index is 12.0. The molecule has 0 aliphatic heterocycles. The topological polar surface area (TPSA) is 182 Å². The third-order valence-electron chi connectivity index (χ3n) is 10.2. The number of hydrogen-bond donors (Lipinski definition) is 4. The van der Waals surface area contributed by atoms with Gasteiger partial charge in [0.1, 0.15) is 0 Å². The van der Waals surface area contributed by atoms with E-state index in [1.54, 1.807) is 60.7 Å². The maximum absolute atomic E-state index is 12.0. The van der Waals surface area contributed by atoms with Gasteiger partial charge in [0.2, 0.25) is 17.1 Å².